The summed E-state index contributed by atoms with van der Waals surface area (Å²) < 4.78 is 28.3. The summed E-state index contributed by atoms with van der Waals surface area (Å²) in [5.74, 6) is -1.04. The molecule has 0 saturated heterocycles. The van der Waals surface area contributed by atoms with Crippen LogP contribution in [0, 0.1) is 6.92 Å². The van der Waals surface area contributed by atoms with Crippen molar-refractivity contribution in [2.24, 2.45) is 0 Å². The summed E-state index contributed by atoms with van der Waals surface area (Å²) in [7, 11) is -4.21. The molecule has 2 N–H and O–H groups in total. The van der Waals surface area contributed by atoms with E-state index in [9.17, 15) is 18.0 Å². The SMILES string of the molecule is Cc1ccc(S(=O)(=O)N(CC(=O)Nc2ccccc2C(=O)NCCc2ccccc2)c2cccc(Cl)c2Cl)cc1. The molecule has 0 atom stereocenters. The number of para-hydroxylation sites is 1. The van der Waals surface area contributed by atoms with Crippen LogP contribution in [-0.2, 0) is 21.2 Å². The van der Waals surface area contributed by atoms with Crippen molar-refractivity contribution >= 4 is 56.4 Å². The predicted molar refractivity (Wildman–Crippen MR) is 160 cm³/mol. The first-order valence-electron chi connectivity index (χ1n) is 12.4. The van der Waals surface area contributed by atoms with Crippen LogP contribution in [0.2, 0.25) is 10.0 Å². The number of carbonyl (C=O) groups excluding carboxylic acids is 2. The van der Waals surface area contributed by atoms with E-state index in [-0.39, 0.29) is 37.8 Å². The number of anilines is 2. The van der Waals surface area contributed by atoms with E-state index in [4.69, 9.17) is 23.2 Å². The minimum atomic E-state index is -4.21. The molecule has 2 amide bonds. The Balaban J connectivity index is 1.56. The van der Waals surface area contributed by atoms with E-state index < -0.39 is 22.5 Å². The predicted octanol–water partition coefficient (Wildman–Crippen LogP) is 6.11. The molecule has 40 heavy (non-hydrogen) atoms. The van der Waals surface area contributed by atoms with Crippen LogP contribution in [0.4, 0.5) is 11.4 Å². The first kappa shape index (κ1) is 29.1. The fourth-order valence-electron chi connectivity index (χ4n) is 3.99. The first-order valence-corrected chi connectivity index (χ1v) is 14.6. The number of rotatable bonds is 10. The van der Waals surface area contributed by atoms with Gasteiger partial charge >= 0.3 is 0 Å². The molecule has 0 saturated carbocycles. The molecule has 4 aromatic carbocycles. The van der Waals surface area contributed by atoms with E-state index in [0.29, 0.717) is 13.0 Å². The van der Waals surface area contributed by atoms with Crippen LogP contribution in [-0.4, -0.2) is 33.3 Å². The Kier molecular flexibility index (Phi) is 9.47. The quantitative estimate of drug-likeness (QED) is 0.231. The van der Waals surface area contributed by atoms with Crippen molar-refractivity contribution in [1.29, 1.82) is 0 Å². The number of amides is 2. The van der Waals surface area contributed by atoms with Gasteiger partial charge in [0.1, 0.15) is 6.54 Å². The average Bonchev–Trinajstić information content (AvgIpc) is 2.94. The normalized spacial score (nSPS) is 11.1. The third-order valence-electron chi connectivity index (χ3n) is 6.08. The number of aryl methyl sites for hydroxylation is 1. The second-order valence-corrected chi connectivity index (χ2v) is 11.6. The minimum Gasteiger partial charge on any atom is -0.352 e. The number of halogens is 2. The molecule has 0 bridgehead atoms. The van der Waals surface area contributed by atoms with E-state index in [1.54, 1.807) is 42.5 Å². The molecule has 0 aromatic heterocycles. The lowest BCUT2D eigenvalue weighted by Gasteiger charge is -2.25. The van der Waals surface area contributed by atoms with Crippen LogP contribution < -0.4 is 14.9 Å². The maximum absolute atomic E-state index is 13.7. The molecular formula is C30H27Cl2N3O4S. The van der Waals surface area contributed by atoms with E-state index in [1.165, 1.54) is 24.3 Å². The van der Waals surface area contributed by atoms with Crippen molar-refractivity contribution < 1.29 is 18.0 Å². The summed E-state index contributed by atoms with van der Waals surface area (Å²) in [5.41, 5.74) is 2.51. The average molecular weight is 597 g/mol. The molecule has 0 heterocycles. The zero-order chi connectivity index (χ0) is 28.7. The fraction of sp³-hybridized carbons (Fsp3) is 0.133. The van der Waals surface area contributed by atoms with Gasteiger partial charge in [-0.2, -0.15) is 0 Å². The number of nitrogens with one attached hydrogen (secondary N) is 2. The molecule has 0 aliphatic carbocycles. The number of benzene rings is 4. The molecule has 0 spiro atoms. The van der Waals surface area contributed by atoms with Crippen LogP contribution in [0.1, 0.15) is 21.5 Å². The van der Waals surface area contributed by atoms with Crippen LogP contribution in [0.25, 0.3) is 0 Å². The number of carbonyl (C=O) groups is 2. The lowest BCUT2D eigenvalue weighted by atomic mass is 10.1. The second-order valence-electron chi connectivity index (χ2n) is 8.98. The van der Waals surface area contributed by atoms with Crippen molar-refractivity contribution in [2.75, 3.05) is 22.7 Å². The highest BCUT2D eigenvalue weighted by Gasteiger charge is 2.29. The molecular weight excluding hydrogens is 569 g/mol. The Morgan fingerprint density at radius 3 is 2.23 bits per heavy atom. The molecule has 0 aliphatic rings. The summed E-state index contributed by atoms with van der Waals surface area (Å²) in [4.78, 5) is 26.2. The molecule has 4 aromatic rings. The van der Waals surface area contributed by atoms with Crippen molar-refractivity contribution in [1.82, 2.24) is 5.32 Å². The van der Waals surface area contributed by atoms with E-state index in [2.05, 4.69) is 10.6 Å². The maximum atomic E-state index is 13.7. The summed E-state index contributed by atoms with van der Waals surface area (Å²) >= 11 is 12.6. The van der Waals surface area contributed by atoms with Gasteiger partial charge in [-0.25, -0.2) is 8.42 Å². The van der Waals surface area contributed by atoms with Gasteiger partial charge in [-0.05, 0) is 55.3 Å². The largest absolute Gasteiger partial charge is 0.352 e. The minimum absolute atomic E-state index is 0.00847. The molecule has 0 radical (unpaired) electrons. The Morgan fingerprint density at radius 1 is 0.825 bits per heavy atom. The van der Waals surface area contributed by atoms with Crippen molar-refractivity contribution in [2.45, 2.75) is 18.2 Å². The van der Waals surface area contributed by atoms with Gasteiger partial charge in [0.25, 0.3) is 15.9 Å². The van der Waals surface area contributed by atoms with Crippen LogP contribution in [0.15, 0.2) is 102 Å². The summed E-state index contributed by atoms with van der Waals surface area (Å²) in [5, 5.41) is 5.68. The molecule has 0 fully saturated rings. The summed E-state index contributed by atoms with van der Waals surface area (Å²) in [6, 6.07) is 27.1. The monoisotopic (exact) mass is 595 g/mol. The summed E-state index contributed by atoms with van der Waals surface area (Å²) in [6.07, 6.45) is 0.646. The van der Waals surface area contributed by atoms with Gasteiger partial charge in [-0.3, -0.25) is 13.9 Å². The van der Waals surface area contributed by atoms with Crippen LogP contribution in [0.3, 0.4) is 0 Å². The fourth-order valence-corrected chi connectivity index (χ4v) is 5.87. The number of hydrogen-bond donors (Lipinski definition) is 2. The molecule has 7 nitrogen and oxygen atoms in total. The van der Waals surface area contributed by atoms with Crippen molar-refractivity contribution in [3.8, 4) is 0 Å². The highest BCUT2D eigenvalue weighted by molar-refractivity contribution is 7.92. The third-order valence-corrected chi connectivity index (χ3v) is 8.67. The molecule has 206 valence electrons. The molecule has 0 unspecified atom stereocenters. The zero-order valence-corrected chi connectivity index (χ0v) is 23.9. The zero-order valence-electron chi connectivity index (χ0n) is 21.6. The van der Waals surface area contributed by atoms with Gasteiger partial charge in [0, 0.05) is 6.54 Å². The highest BCUT2D eigenvalue weighted by atomic mass is 35.5. The van der Waals surface area contributed by atoms with Crippen molar-refractivity contribution in [3.63, 3.8) is 0 Å². The van der Waals surface area contributed by atoms with Gasteiger partial charge in [0.15, 0.2) is 0 Å². The van der Waals surface area contributed by atoms with Crippen LogP contribution in [0.5, 0.6) is 0 Å². The van der Waals surface area contributed by atoms with Gasteiger partial charge in [-0.15, -0.1) is 0 Å². The highest BCUT2D eigenvalue weighted by Crippen LogP contribution is 2.35. The topological polar surface area (TPSA) is 95.6 Å². The number of sulfonamides is 1. The molecule has 0 aliphatic heterocycles. The van der Waals surface area contributed by atoms with Crippen molar-refractivity contribution in [3.05, 3.63) is 124 Å². The Bertz CT molecular complexity index is 1610. The smallest absolute Gasteiger partial charge is 0.264 e. The van der Waals surface area contributed by atoms with Gasteiger partial charge in [-0.1, -0.05) is 89.4 Å². The second kappa shape index (κ2) is 13.0. The standard InChI is InChI=1S/C30H27Cl2N3O4S/c1-21-14-16-23(17-15-21)40(38,39)35(27-13-7-11-25(31)29(27)32)20-28(36)34-26-12-6-5-10-24(26)30(37)33-19-18-22-8-3-2-4-9-22/h2-17H,18-20H2,1H3,(H,33,37)(H,34,36). The molecule has 4 rings (SSSR count). The first-order chi connectivity index (χ1) is 19.2. The lowest BCUT2D eigenvalue weighted by molar-refractivity contribution is -0.114. The lowest BCUT2D eigenvalue weighted by Crippen LogP contribution is -2.38. The Labute approximate surface area is 243 Å². The van der Waals surface area contributed by atoms with Gasteiger partial charge in [0.2, 0.25) is 5.91 Å². The Hall–Kier alpha value is -3.85. The number of hydrogen-bond acceptors (Lipinski definition) is 4. The van der Waals surface area contributed by atoms with Crippen LogP contribution >= 0.6 is 23.2 Å². The number of nitrogens with zero attached hydrogens (tertiary/aromatic N) is 1. The maximum Gasteiger partial charge on any atom is 0.264 e. The van der Waals surface area contributed by atoms with E-state index in [1.807, 2.05) is 37.3 Å². The van der Waals surface area contributed by atoms with E-state index >= 15 is 0 Å². The summed E-state index contributed by atoms with van der Waals surface area (Å²) in [6.45, 7) is 1.63. The van der Waals surface area contributed by atoms with Gasteiger partial charge < -0.3 is 10.6 Å². The molecule has 10 heteroatoms. The van der Waals surface area contributed by atoms with E-state index in [0.717, 1.165) is 15.4 Å². The Morgan fingerprint density at radius 2 is 1.50 bits per heavy atom. The van der Waals surface area contributed by atoms with Gasteiger partial charge in [0.05, 0.1) is 31.9 Å². The third kappa shape index (κ3) is 7.01.